The lowest BCUT2D eigenvalue weighted by Crippen LogP contribution is -2.43. The van der Waals surface area contributed by atoms with Crippen molar-refractivity contribution in [3.8, 4) is 5.75 Å². The molecule has 4 aromatic rings. The number of benzene rings is 3. The summed E-state index contributed by atoms with van der Waals surface area (Å²) in [5.74, 6) is 0.392. The molecule has 0 unspecified atom stereocenters. The van der Waals surface area contributed by atoms with Crippen molar-refractivity contribution in [3.63, 3.8) is 0 Å². The van der Waals surface area contributed by atoms with E-state index in [2.05, 4.69) is 31.9 Å². The van der Waals surface area contributed by atoms with Crippen molar-refractivity contribution < 1.29 is 17.5 Å². The molecule has 40 heavy (non-hydrogen) atoms. The molecule has 0 radical (unpaired) electrons. The van der Waals surface area contributed by atoms with Gasteiger partial charge in [-0.15, -0.1) is 24.8 Å². The predicted octanol–water partition coefficient (Wildman–Crippen LogP) is 4.91. The van der Waals surface area contributed by atoms with Crippen molar-refractivity contribution >= 4 is 63.2 Å². The van der Waals surface area contributed by atoms with Gasteiger partial charge in [-0.2, -0.15) is 0 Å². The van der Waals surface area contributed by atoms with E-state index in [1.807, 2.05) is 30.3 Å². The van der Waals surface area contributed by atoms with E-state index in [1.165, 1.54) is 12.1 Å². The molecule has 0 bridgehead atoms. The van der Waals surface area contributed by atoms with Gasteiger partial charge in [0.25, 0.3) is 10.0 Å². The highest BCUT2D eigenvalue weighted by Gasteiger charge is 2.21. The monoisotopic (exact) mass is 608 g/mol. The third kappa shape index (κ3) is 7.29. The summed E-state index contributed by atoms with van der Waals surface area (Å²) in [6.07, 6.45) is 0. The van der Waals surface area contributed by atoms with Crippen LogP contribution in [-0.4, -0.2) is 68.5 Å². The van der Waals surface area contributed by atoms with Crippen LogP contribution >= 0.6 is 24.8 Å². The summed E-state index contributed by atoms with van der Waals surface area (Å²) in [5.41, 5.74) is 2.87. The molecule has 1 fully saturated rings. The van der Waals surface area contributed by atoms with Crippen LogP contribution in [-0.2, 0) is 16.6 Å². The smallest absolute Gasteiger partial charge is 0.263 e. The minimum atomic E-state index is -4.06. The van der Waals surface area contributed by atoms with Crippen LogP contribution in [0.2, 0.25) is 0 Å². The summed E-state index contributed by atoms with van der Waals surface area (Å²) in [6, 6.07) is 17.6. The molecule has 1 saturated heterocycles. The Kier molecular flexibility index (Phi) is 10.5. The van der Waals surface area contributed by atoms with Crippen molar-refractivity contribution in [2.45, 2.75) is 11.4 Å². The largest absolute Gasteiger partial charge is 0.497 e. The van der Waals surface area contributed by atoms with E-state index in [-0.39, 0.29) is 41.3 Å². The number of anilines is 3. The lowest BCUT2D eigenvalue weighted by Gasteiger charge is -2.32. The summed E-state index contributed by atoms with van der Waals surface area (Å²) in [4.78, 5) is 13.8. The number of likely N-dealkylation sites (N-methyl/N-ethyl adjacent to an activating group) is 1. The number of ether oxygens (including phenoxy) is 1. The Labute approximate surface area is 245 Å². The molecule has 214 valence electrons. The topological polar surface area (TPSA) is 99.7 Å². The second-order valence-electron chi connectivity index (χ2n) is 9.20. The zero-order valence-corrected chi connectivity index (χ0v) is 24.5. The highest BCUT2D eigenvalue weighted by Crippen LogP contribution is 2.31. The maximum absolute atomic E-state index is 13.4. The van der Waals surface area contributed by atoms with Crippen molar-refractivity contribution in [2.24, 2.45) is 0 Å². The van der Waals surface area contributed by atoms with Gasteiger partial charge in [-0.05, 0) is 55.1 Å². The molecule has 5 rings (SSSR count). The minimum Gasteiger partial charge on any atom is -0.497 e. The quantitative estimate of drug-likeness (QED) is 0.291. The number of para-hydroxylation sites is 2. The van der Waals surface area contributed by atoms with E-state index in [1.54, 1.807) is 19.2 Å². The second-order valence-corrected chi connectivity index (χ2v) is 10.9. The molecule has 3 aromatic carbocycles. The van der Waals surface area contributed by atoms with Gasteiger partial charge in [0.15, 0.2) is 11.6 Å². The van der Waals surface area contributed by atoms with Gasteiger partial charge in [0.2, 0.25) is 0 Å². The highest BCUT2D eigenvalue weighted by atomic mass is 35.5. The van der Waals surface area contributed by atoms with Gasteiger partial charge in [-0.3, -0.25) is 9.62 Å². The Morgan fingerprint density at radius 1 is 0.900 bits per heavy atom. The zero-order chi connectivity index (χ0) is 26.7. The van der Waals surface area contributed by atoms with Crippen molar-refractivity contribution in [3.05, 3.63) is 78.1 Å². The van der Waals surface area contributed by atoms with Gasteiger partial charge >= 0.3 is 0 Å². The van der Waals surface area contributed by atoms with Gasteiger partial charge in [0, 0.05) is 44.5 Å². The predicted molar refractivity (Wildman–Crippen MR) is 160 cm³/mol. The molecule has 1 aliphatic heterocycles. The number of fused-ring (bicyclic) bond motifs is 1. The summed E-state index contributed by atoms with van der Waals surface area (Å²) in [5, 5.41) is 3.31. The second kappa shape index (κ2) is 13.4. The van der Waals surface area contributed by atoms with E-state index < -0.39 is 15.8 Å². The van der Waals surface area contributed by atoms with Gasteiger partial charge in [0.1, 0.15) is 11.6 Å². The fraction of sp³-hybridized carbons (Fsp3) is 0.259. The number of rotatable bonds is 8. The molecule has 2 N–H and O–H groups in total. The molecule has 1 aromatic heterocycles. The standard InChI is InChI=1S/C27H29FN6O3S.2ClH/c1-33-13-15-34(16-14-33)18-19-7-10-21(37-2)17-25(19)31-26-27(30-24-6-4-3-5-23(24)29-26)32-38(35,36)22-11-8-20(28)9-12-22;;/h3-12,17H,13-16,18H2,1-2H3,(H,29,31)(H,30,32);2*1H. The molecule has 13 heteroatoms. The lowest BCUT2D eigenvalue weighted by atomic mass is 10.1. The Hall–Kier alpha value is -3.22. The van der Waals surface area contributed by atoms with Crippen LogP contribution in [0.25, 0.3) is 11.0 Å². The average Bonchev–Trinajstić information content (AvgIpc) is 2.91. The minimum absolute atomic E-state index is 0. The zero-order valence-electron chi connectivity index (χ0n) is 22.0. The SMILES string of the molecule is COc1ccc(CN2CCN(C)CC2)c(Nc2nc3ccccc3nc2NS(=O)(=O)c2ccc(F)cc2)c1.Cl.Cl. The van der Waals surface area contributed by atoms with E-state index in [0.717, 1.165) is 49.6 Å². The normalized spacial score (nSPS) is 14.2. The number of piperazine rings is 1. The number of hydrogen-bond donors (Lipinski definition) is 2. The molecular formula is C27H31Cl2FN6O3S. The first kappa shape index (κ1) is 31.3. The van der Waals surface area contributed by atoms with Crippen LogP contribution < -0.4 is 14.8 Å². The van der Waals surface area contributed by atoms with Crippen molar-refractivity contribution in [1.29, 1.82) is 0 Å². The lowest BCUT2D eigenvalue weighted by molar-refractivity contribution is 0.148. The first-order valence-corrected chi connectivity index (χ1v) is 13.7. The maximum Gasteiger partial charge on any atom is 0.263 e. The first-order valence-electron chi connectivity index (χ1n) is 12.2. The first-order chi connectivity index (χ1) is 18.3. The molecule has 0 aliphatic carbocycles. The number of aromatic nitrogens is 2. The van der Waals surface area contributed by atoms with Crippen molar-refractivity contribution in [2.75, 3.05) is 50.4 Å². The average molecular weight is 610 g/mol. The van der Waals surface area contributed by atoms with Gasteiger partial charge in [-0.25, -0.2) is 22.8 Å². The molecule has 0 saturated carbocycles. The van der Waals surface area contributed by atoms with Gasteiger partial charge in [-0.1, -0.05) is 18.2 Å². The molecular weight excluding hydrogens is 578 g/mol. The number of nitrogens with one attached hydrogen (secondary N) is 2. The van der Waals surface area contributed by atoms with Gasteiger partial charge in [0.05, 0.1) is 23.0 Å². The third-order valence-electron chi connectivity index (χ3n) is 6.49. The Morgan fingerprint density at radius 3 is 2.15 bits per heavy atom. The van der Waals surface area contributed by atoms with E-state index in [0.29, 0.717) is 23.3 Å². The number of hydrogen-bond acceptors (Lipinski definition) is 8. The molecule has 2 heterocycles. The summed E-state index contributed by atoms with van der Waals surface area (Å²) in [7, 11) is -0.351. The van der Waals surface area contributed by atoms with Crippen LogP contribution in [0.3, 0.4) is 0 Å². The third-order valence-corrected chi connectivity index (χ3v) is 7.84. The molecule has 9 nitrogen and oxygen atoms in total. The number of nitrogens with zero attached hydrogens (tertiary/aromatic N) is 4. The Bertz CT molecular complexity index is 1550. The highest BCUT2D eigenvalue weighted by molar-refractivity contribution is 7.92. The van der Waals surface area contributed by atoms with Crippen LogP contribution in [0.1, 0.15) is 5.56 Å². The Morgan fingerprint density at radius 2 is 1.52 bits per heavy atom. The van der Waals surface area contributed by atoms with Crippen LogP contribution in [0.15, 0.2) is 71.6 Å². The molecule has 0 spiro atoms. The van der Waals surface area contributed by atoms with E-state index >= 15 is 0 Å². The summed E-state index contributed by atoms with van der Waals surface area (Å²) >= 11 is 0. The molecule has 0 amide bonds. The summed E-state index contributed by atoms with van der Waals surface area (Å²) < 4.78 is 47.7. The van der Waals surface area contributed by atoms with E-state index in [4.69, 9.17) is 9.72 Å². The molecule has 1 aliphatic rings. The fourth-order valence-corrected chi connectivity index (χ4v) is 5.28. The summed E-state index contributed by atoms with van der Waals surface area (Å²) in [6.45, 7) is 4.58. The van der Waals surface area contributed by atoms with Crippen LogP contribution in [0.5, 0.6) is 5.75 Å². The van der Waals surface area contributed by atoms with E-state index in [9.17, 15) is 12.8 Å². The Balaban J connectivity index is 0.00000220. The van der Waals surface area contributed by atoms with Crippen molar-refractivity contribution in [1.82, 2.24) is 19.8 Å². The molecule has 0 atom stereocenters. The fourth-order valence-electron chi connectivity index (χ4n) is 4.27. The van der Waals surface area contributed by atoms with Gasteiger partial charge < -0.3 is 15.0 Å². The van der Waals surface area contributed by atoms with Crippen LogP contribution in [0.4, 0.5) is 21.7 Å². The van der Waals surface area contributed by atoms with Crippen LogP contribution in [0, 0.1) is 5.82 Å². The number of sulfonamides is 1. The number of methoxy groups -OCH3 is 1. The number of halogens is 3. The maximum atomic E-state index is 13.4.